The van der Waals surface area contributed by atoms with Crippen molar-refractivity contribution in [2.24, 2.45) is 5.92 Å². The molecule has 34 heavy (non-hydrogen) atoms. The fourth-order valence-electron chi connectivity index (χ4n) is 4.50. The number of halogens is 2. The summed E-state index contributed by atoms with van der Waals surface area (Å²) < 4.78 is 2.71. The molecule has 2 aromatic heterocycles. The van der Waals surface area contributed by atoms with Crippen molar-refractivity contribution < 1.29 is 0 Å². The largest absolute Gasteiger partial charge is 0.370 e. The van der Waals surface area contributed by atoms with E-state index in [-0.39, 0.29) is 0 Å². The van der Waals surface area contributed by atoms with Gasteiger partial charge < -0.3 is 5.32 Å². The van der Waals surface area contributed by atoms with Gasteiger partial charge in [0, 0.05) is 36.3 Å². The van der Waals surface area contributed by atoms with Gasteiger partial charge in [-0.3, -0.25) is 4.90 Å². The van der Waals surface area contributed by atoms with Crippen LogP contribution < -0.4 is 5.32 Å². The van der Waals surface area contributed by atoms with E-state index in [2.05, 4.69) is 73.7 Å². The van der Waals surface area contributed by atoms with Crippen LogP contribution in [-0.4, -0.2) is 45.7 Å². The van der Waals surface area contributed by atoms with Gasteiger partial charge in [0.15, 0.2) is 5.65 Å². The molecule has 1 fully saturated rings. The Balaban J connectivity index is 1.28. The maximum Gasteiger partial charge on any atom is 0.172 e. The SMILES string of the molecule is Clc1ccccc1-c1cc(NCC2CCCN(C/C=C/c3ccccc3)C2)n2ncc(Br)c2n1. The van der Waals surface area contributed by atoms with Gasteiger partial charge in [0.2, 0.25) is 0 Å². The summed E-state index contributed by atoms with van der Waals surface area (Å²) >= 11 is 10.0. The standard InChI is InChI=1S/C27H27BrClN5/c28-23-18-31-34-26(16-25(32-27(23)34)22-12-4-5-13-24(22)29)30-17-21-11-7-15-33(19-21)14-6-10-20-8-2-1-3-9-20/h1-6,8-10,12-13,16,18,21,30H,7,11,14-15,17,19H2/b10-6+. The maximum absolute atomic E-state index is 6.47. The Kier molecular flexibility index (Phi) is 7.28. The molecule has 7 heteroatoms. The molecule has 1 aliphatic rings. The molecular formula is C27H27BrClN5. The van der Waals surface area contributed by atoms with Gasteiger partial charge in [-0.2, -0.15) is 9.61 Å². The first kappa shape index (κ1) is 23.1. The molecule has 1 N–H and O–H groups in total. The van der Waals surface area contributed by atoms with E-state index in [0.29, 0.717) is 10.9 Å². The Bertz CT molecular complexity index is 1290. The lowest BCUT2D eigenvalue weighted by Crippen LogP contribution is -2.38. The van der Waals surface area contributed by atoms with Crippen LogP contribution in [0.2, 0.25) is 5.02 Å². The zero-order valence-electron chi connectivity index (χ0n) is 18.9. The van der Waals surface area contributed by atoms with Gasteiger partial charge in [-0.1, -0.05) is 72.3 Å². The van der Waals surface area contributed by atoms with Gasteiger partial charge in [-0.05, 0) is 52.9 Å². The first-order chi connectivity index (χ1) is 16.7. The van der Waals surface area contributed by atoms with E-state index in [9.17, 15) is 0 Å². The van der Waals surface area contributed by atoms with Gasteiger partial charge in [-0.15, -0.1) is 0 Å². The van der Waals surface area contributed by atoms with Gasteiger partial charge in [0.05, 0.1) is 16.4 Å². The van der Waals surface area contributed by atoms with Crippen molar-refractivity contribution >= 4 is 45.1 Å². The fraction of sp³-hybridized carbons (Fsp3) is 0.259. The van der Waals surface area contributed by atoms with Crippen molar-refractivity contribution in [1.82, 2.24) is 19.5 Å². The molecule has 0 radical (unpaired) electrons. The van der Waals surface area contributed by atoms with Crippen LogP contribution >= 0.6 is 27.5 Å². The summed E-state index contributed by atoms with van der Waals surface area (Å²) in [6, 6.07) is 20.3. The van der Waals surface area contributed by atoms with Crippen LogP contribution in [0.25, 0.3) is 23.0 Å². The first-order valence-electron chi connectivity index (χ1n) is 11.6. The third-order valence-corrected chi connectivity index (χ3v) is 7.12. The van der Waals surface area contributed by atoms with E-state index >= 15 is 0 Å². The smallest absolute Gasteiger partial charge is 0.172 e. The molecule has 1 aliphatic heterocycles. The summed E-state index contributed by atoms with van der Waals surface area (Å²) in [6.07, 6.45) is 8.71. The predicted octanol–water partition coefficient (Wildman–Crippen LogP) is 6.65. The van der Waals surface area contributed by atoms with Crippen LogP contribution in [0, 0.1) is 5.92 Å². The monoisotopic (exact) mass is 535 g/mol. The second kappa shape index (κ2) is 10.7. The van der Waals surface area contributed by atoms with E-state index in [1.54, 1.807) is 6.20 Å². The lowest BCUT2D eigenvalue weighted by atomic mass is 9.98. The molecule has 2 aromatic carbocycles. The molecule has 1 atom stereocenters. The lowest BCUT2D eigenvalue weighted by molar-refractivity contribution is 0.197. The highest BCUT2D eigenvalue weighted by atomic mass is 79.9. The highest BCUT2D eigenvalue weighted by Crippen LogP contribution is 2.30. The van der Waals surface area contributed by atoms with Gasteiger partial charge in [0.25, 0.3) is 0 Å². The lowest BCUT2D eigenvalue weighted by Gasteiger charge is -2.32. The fourth-order valence-corrected chi connectivity index (χ4v) is 5.08. The molecule has 174 valence electrons. The van der Waals surface area contributed by atoms with Crippen LogP contribution in [-0.2, 0) is 0 Å². The molecule has 5 nitrogen and oxygen atoms in total. The molecule has 0 spiro atoms. The molecule has 3 heterocycles. The van der Waals surface area contributed by atoms with Crippen LogP contribution in [0.5, 0.6) is 0 Å². The third-order valence-electron chi connectivity index (χ3n) is 6.23. The number of hydrogen-bond donors (Lipinski definition) is 1. The van der Waals surface area contributed by atoms with Crippen molar-refractivity contribution in [3.8, 4) is 11.3 Å². The Morgan fingerprint density at radius 3 is 2.79 bits per heavy atom. The number of piperidine rings is 1. The Hall–Kier alpha value is -2.67. The summed E-state index contributed by atoms with van der Waals surface area (Å²) in [5.74, 6) is 1.50. The second-order valence-electron chi connectivity index (χ2n) is 8.70. The summed E-state index contributed by atoms with van der Waals surface area (Å²) in [5, 5.41) is 8.86. The minimum Gasteiger partial charge on any atom is -0.370 e. The molecule has 1 unspecified atom stereocenters. The van der Waals surface area contributed by atoms with Gasteiger partial charge in [0.1, 0.15) is 5.82 Å². The number of fused-ring (bicyclic) bond motifs is 1. The Morgan fingerprint density at radius 2 is 1.94 bits per heavy atom. The normalized spacial score (nSPS) is 16.9. The number of benzene rings is 2. The van der Waals surface area contributed by atoms with Crippen molar-refractivity contribution in [3.63, 3.8) is 0 Å². The molecule has 0 aliphatic carbocycles. The van der Waals surface area contributed by atoms with E-state index in [1.807, 2.05) is 34.8 Å². The number of hydrogen-bond acceptors (Lipinski definition) is 4. The molecule has 1 saturated heterocycles. The van der Waals surface area contributed by atoms with Crippen LogP contribution in [0.3, 0.4) is 0 Å². The maximum atomic E-state index is 6.47. The van der Waals surface area contributed by atoms with Crippen LogP contribution in [0.4, 0.5) is 5.82 Å². The predicted molar refractivity (Wildman–Crippen MR) is 144 cm³/mol. The number of nitrogens with one attached hydrogen (secondary N) is 1. The first-order valence-corrected chi connectivity index (χ1v) is 12.8. The topological polar surface area (TPSA) is 45.5 Å². The van der Waals surface area contributed by atoms with Crippen molar-refractivity contribution in [1.29, 1.82) is 0 Å². The number of aromatic nitrogens is 3. The van der Waals surface area contributed by atoms with Crippen LogP contribution in [0.1, 0.15) is 18.4 Å². The molecule has 0 amide bonds. The zero-order valence-corrected chi connectivity index (χ0v) is 21.2. The van der Waals surface area contributed by atoms with Crippen molar-refractivity contribution in [2.45, 2.75) is 12.8 Å². The van der Waals surface area contributed by atoms with Crippen molar-refractivity contribution in [3.05, 3.63) is 88.0 Å². The summed E-state index contributed by atoms with van der Waals surface area (Å²) in [7, 11) is 0. The number of nitrogens with zero attached hydrogens (tertiary/aromatic N) is 4. The molecule has 4 aromatic rings. The summed E-state index contributed by atoms with van der Waals surface area (Å²) in [6.45, 7) is 4.10. The third kappa shape index (κ3) is 5.35. The summed E-state index contributed by atoms with van der Waals surface area (Å²) in [5.41, 5.74) is 3.77. The number of anilines is 1. The summed E-state index contributed by atoms with van der Waals surface area (Å²) in [4.78, 5) is 7.34. The quantitative estimate of drug-likeness (QED) is 0.287. The second-order valence-corrected chi connectivity index (χ2v) is 9.96. The molecule has 0 saturated carbocycles. The minimum atomic E-state index is 0.574. The average molecular weight is 537 g/mol. The van der Waals surface area contributed by atoms with Gasteiger partial charge in [-0.25, -0.2) is 4.98 Å². The number of rotatable bonds is 7. The Labute approximate surface area is 213 Å². The van der Waals surface area contributed by atoms with E-state index in [1.165, 1.54) is 18.4 Å². The van der Waals surface area contributed by atoms with Crippen molar-refractivity contribution in [2.75, 3.05) is 31.5 Å². The van der Waals surface area contributed by atoms with E-state index < -0.39 is 0 Å². The van der Waals surface area contributed by atoms with Crippen LogP contribution in [0.15, 0.2) is 77.4 Å². The Morgan fingerprint density at radius 1 is 1.12 bits per heavy atom. The van der Waals surface area contributed by atoms with E-state index in [0.717, 1.165) is 53.4 Å². The number of likely N-dealkylation sites (tertiary alicyclic amines) is 1. The average Bonchev–Trinajstić information content (AvgIpc) is 3.24. The molecule has 0 bridgehead atoms. The highest BCUT2D eigenvalue weighted by Gasteiger charge is 2.20. The minimum absolute atomic E-state index is 0.574. The van der Waals surface area contributed by atoms with Gasteiger partial charge >= 0.3 is 0 Å². The zero-order chi connectivity index (χ0) is 23.3. The van der Waals surface area contributed by atoms with E-state index in [4.69, 9.17) is 16.6 Å². The molecule has 5 rings (SSSR count). The molecular weight excluding hydrogens is 510 g/mol. The highest BCUT2D eigenvalue weighted by molar-refractivity contribution is 9.10.